The molecule has 0 saturated heterocycles. The first kappa shape index (κ1) is 20.0. The lowest BCUT2D eigenvalue weighted by atomic mass is 10.0. The van der Waals surface area contributed by atoms with Crippen molar-refractivity contribution in [3.63, 3.8) is 0 Å². The summed E-state index contributed by atoms with van der Waals surface area (Å²) in [6, 6.07) is 16.6. The minimum absolute atomic E-state index is 0.00563. The molecule has 30 heavy (non-hydrogen) atoms. The van der Waals surface area contributed by atoms with E-state index in [0.717, 1.165) is 16.7 Å². The number of hydrogen-bond acceptors (Lipinski definition) is 5. The van der Waals surface area contributed by atoms with Crippen LogP contribution < -0.4 is 5.56 Å². The number of carbonyl (C=O) groups excluding carboxylic acids is 1. The van der Waals surface area contributed by atoms with Gasteiger partial charge in [0.15, 0.2) is 10.9 Å². The average molecular weight is 416 g/mol. The molecule has 0 unspecified atom stereocenters. The topological polar surface area (TPSA) is 64.8 Å². The number of fused-ring (bicyclic) bond motifs is 1. The van der Waals surface area contributed by atoms with Crippen LogP contribution >= 0.6 is 11.8 Å². The first-order valence-electron chi connectivity index (χ1n) is 9.62. The number of Topliss-reactive ketones (excluding diaryl/α,β-unsaturated/α-hetero) is 1. The van der Waals surface area contributed by atoms with Crippen molar-refractivity contribution >= 4 is 28.4 Å². The SMILES string of the molecule is Cc1ccc(-n2c(SCC(=O)c3ccc(C)c(C)c3)nc3ccccc3c2=O)nc1. The fourth-order valence-electron chi connectivity index (χ4n) is 3.13. The molecule has 0 aliphatic heterocycles. The molecule has 0 saturated carbocycles. The van der Waals surface area contributed by atoms with E-state index in [2.05, 4.69) is 9.97 Å². The van der Waals surface area contributed by atoms with Gasteiger partial charge in [-0.25, -0.2) is 14.5 Å². The second-order valence-corrected chi connectivity index (χ2v) is 8.20. The minimum Gasteiger partial charge on any atom is -0.293 e. The minimum atomic E-state index is -0.196. The quantitative estimate of drug-likeness (QED) is 0.269. The van der Waals surface area contributed by atoms with Crippen LogP contribution in [0.2, 0.25) is 0 Å². The molecule has 0 radical (unpaired) electrons. The summed E-state index contributed by atoms with van der Waals surface area (Å²) in [6.07, 6.45) is 1.71. The van der Waals surface area contributed by atoms with Gasteiger partial charge in [-0.2, -0.15) is 0 Å². The molecule has 0 amide bonds. The fourth-order valence-corrected chi connectivity index (χ4v) is 4.03. The number of ketones is 1. The summed E-state index contributed by atoms with van der Waals surface area (Å²) in [4.78, 5) is 35.1. The molecule has 0 aliphatic rings. The van der Waals surface area contributed by atoms with Gasteiger partial charge in [-0.3, -0.25) is 9.59 Å². The largest absolute Gasteiger partial charge is 0.293 e. The number of benzene rings is 2. The number of nitrogens with zero attached hydrogens (tertiary/aromatic N) is 3. The maximum absolute atomic E-state index is 13.2. The first-order valence-corrected chi connectivity index (χ1v) is 10.6. The third kappa shape index (κ3) is 3.91. The highest BCUT2D eigenvalue weighted by Gasteiger charge is 2.16. The summed E-state index contributed by atoms with van der Waals surface area (Å²) in [5.41, 5.74) is 4.30. The van der Waals surface area contributed by atoms with Gasteiger partial charge in [0.1, 0.15) is 5.82 Å². The Balaban J connectivity index is 1.74. The summed E-state index contributed by atoms with van der Waals surface area (Å²) in [7, 11) is 0. The number of aromatic nitrogens is 3. The molecule has 0 spiro atoms. The molecule has 0 bridgehead atoms. The lowest BCUT2D eigenvalue weighted by molar-refractivity contribution is 0.102. The molecule has 0 atom stereocenters. The number of carbonyl (C=O) groups is 1. The second-order valence-electron chi connectivity index (χ2n) is 7.26. The van der Waals surface area contributed by atoms with Crippen LogP contribution in [-0.4, -0.2) is 26.1 Å². The van der Waals surface area contributed by atoms with E-state index in [1.165, 1.54) is 16.3 Å². The number of pyridine rings is 1. The molecule has 4 rings (SSSR count). The molecule has 0 aliphatic carbocycles. The third-order valence-electron chi connectivity index (χ3n) is 5.03. The molecule has 4 aromatic rings. The van der Waals surface area contributed by atoms with Gasteiger partial charge in [-0.1, -0.05) is 42.1 Å². The van der Waals surface area contributed by atoms with Crippen LogP contribution in [0.15, 0.2) is 70.7 Å². The van der Waals surface area contributed by atoms with Gasteiger partial charge in [-0.05, 0) is 61.7 Å². The maximum Gasteiger partial charge on any atom is 0.267 e. The monoisotopic (exact) mass is 415 g/mol. The van der Waals surface area contributed by atoms with Crippen LogP contribution in [0.4, 0.5) is 0 Å². The lowest BCUT2D eigenvalue weighted by Gasteiger charge is -2.12. The highest BCUT2D eigenvalue weighted by atomic mass is 32.2. The van der Waals surface area contributed by atoms with Crippen molar-refractivity contribution in [3.8, 4) is 5.82 Å². The number of thioether (sulfide) groups is 1. The van der Waals surface area contributed by atoms with Crippen molar-refractivity contribution in [2.75, 3.05) is 5.75 Å². The molecule has 150 valence electrons. The second kappa shape index (κ2) is 8.24. The predicted molar refractivity (Wildman–Crippen MR) is 121 cm³/mol. The van der Waals surface area contributed by atoms with Crippen LogP contribution in [0.5, 0.6) is 0 Å². The van der Waals surface area contributed by atoms with Crippen LogP contribution in [-0.2, 0) is 0 Å². The highest BCUT2D eigenvalue weighted by Crippen LogP contribution is 2.22. The van der Waals surface area contributed by atoms with Crippen molar-refractivity contribution < 1.29 is 4.79 Å². The Hall–Kier alpha value is -3.25. The van der Waals surface area contributed by atoms with Gasteiger partial charge in [0.25, 0.3) is 5.56 Å². The Morgan fingerprint density at radius 3 is 2.53 bits per heavy atom. The van der Waals surface area contributed by atoms with Gasteiger partial charge in [-0.15, -0.1) is 0 Å². The van der Waals surface area contributed by atoms with E-state index in [4.69, 9.17) is 0 Å². The number of para-hydroxylation sites is 1. The lowest BCUT2D eigenvalue weighted by Crippen LogP contribution is -2.23. The van der Waals surface area contributed by atoms with Crippen LogP contribution in [0.3, 0.4) is 0 Å². The summed E-state index contributed by atoms with van der Waals surface area (Å²) in [5.74, 6) is 0.665. The molecule has 2 heterocycles. The normalized spacial score (nSPS) is 11.0. The zero-order chi connectivity index (χ0) is 21.3. The zero-order valence-electron chi connectivity index (χ0n) is 17.0. The molecule has 0 fully saturated rings. The van der Waals surface area contributed by atoms with Crippen molar-refractivity contribution in [1.29, 1.82) is 0 Å². The van der Waals surface area contributed by atoms with Gasteiger partial charge in [0.05, 0.1) is 16.7 Å². The van der Waals surface area contributed by atoms with Gasteiger partial charge >= 0.3 is 0 Å². The first-order chi connectivity index (χ1) is 14.4. The molecule has 2 aromatic carbocycles. The van der Waals surface area contributed by atoms with E-state index in [0.29, 0.717) is 27.4 Å². The number of hydrogen-bond donors (Lipinski definition) is 0. The fraction of sp³-hybridized carbons (Fsp3) is 0.167. The molecular weight excluding hydrogens is 394 g/mol. The van der Waals surface area contributed by atoms with Gasteiger partial charge < -0.3 is 0 Å². The summed E-state index contributed by atoms with van der Waals surface area (Å²) in [5, 5.41) is 0.969. The molecular formula is C24H21N3O2S. The summed E-state index contributed by atoms with van der Waals surface area (Å²) >= 11 is 1.25. The highest BCUT2D eigenvalue weighted by molar-refractivity contribution is 7.99. The average Bonchev–Trinajstić information content (AvgIpc) is 2.75. The van der Waals surface area contributed by atoms with Crippen LogP contribution in [0.1, 0.15) is 27.0 Å². The predicted octanol–water partition coefficient (Wildman–Crippen LogP) is 4.68. The molecule has 0 N–H and O–H groups in total. The van der Waals surface area contributed by atoms with Crippen LogP contribution in [0, 0.1) is 20.8 Å². The molecule has 6 heteroatoms. The van der Waals surface area contributed by atoms with E-state index in [-0.39, 0.29) is 17.1 Å². The number of rotatable bonds is 5. The number of aryl methyl sites for hydroxylation is 3. The Morgan fingerprint density at radius 2 is 1.80 bits per heavy atom. The van der Waals surface area contributed by atoms with E-state index in [1.54, 1.807) is 24.4 Å². The summed E-state index contributed by atoms with van der Waals surface area (Å²) < 4.78 is 1.49. The van der Waals surface area contributed by atoms with E-state index < -0.39 is 0 Å². The maximum atomic E-state index is 13.2. The van der Waals surface area contributed by atoms with E-state index >= 15 is 0 Å². The third-order valence-corrected chi connectivity index (χ3v) is 5.97. The Bertz CT molecular complexity index is 1310. The van der Waals surface area contributed by atoms with E-state index in [1.807, 2.05) is 57.2 Å². The Labute approximate surface area is 178 Å². The molecule has 2 aromatic heterocycles. The van der Waals surface area contributed by atoms with Crippen molar-refractivity contribution in [2.45, 2.75) is 25.9 Å². The molecule has 5 nitrogen and oxygen atoms in total. The van der Waals surface area contributed by atoms with Crippen LogP contribution in [0.25, 0.3) is 16.7 Å². The standard InChI is InChI=1S/C24H21N3O2S/c1-15-8-11-22(25-13-15)27-23(29)19-6-4-5-7-20(19)26-24(27)30-14-21(28)18-10-9-16(2)17(3)12-18/h4-13H,14H2,1-3H3. The van der Waals surface area contributed by atoms with Gasteiger partial charge in [0, 0.05) is 11.8 Å². The zero-order valence-corrected chi connectivity index (χ0v) is 17.9. The van der Waals surface area contributed by atoms with Crippen molar-refractivity contribution in [1.82, 2.24) is 14.5 Å². The van der Waals surface area contributed by atoms with Crippen molar-refractivity contribution in [2.24, 2.45) is 0 Å². The Kier molecular flexibility index (Phi) is 5.50. The van der Waals surface area contributed by atoms with Gasteiger partial charge in [0.2, 0.25) is 0 Å². The van der Waals surface area contributed by atoms with E-state index in [9.17, 15) is 9.59 Å². The smallest absolute Gasteiger partial charge is 0.267 e. The Morgan fingerprint density at radius 1 is 1.00 bits per heavy atom. The van der Waals surface area contributed by atoms with Crippen molar-refractivity contribution in [3.05, 3.63) is 93.4 Å². The summed E-state index contributed by atoms with van der Waals surface area (Å²) in [6.45, 7) is 5.95.